The molecule has 2 atom stereocenters. The molecule has 1 aliphatic rings. The molecule has 2 heterocycles. The van der Waals surface area contributed by atoms with E-state index in [4.69, 9.17) is 10.5 Å². The van der Waals surface area contributed by atoms with Gasteiger partial charge < -0.3 is 15.4 Å². The summed E-state index contributed by atoms with van der Waals surface area (Å²) in [4.78, 5) is 17.7. The van der Waals surface area contributed by atoms with Crippen molar-refractivity contribution < 1.29 is 13.9 Å². The maximum absolute atomic E-state index is 12.8. The summed E-state index contributed by atoms with van der Waals surface area (Å²) >= 11 is 0. The summed E-state index contributed by atoms with van der Waals surface area (Å²) in [6, 6.07) is 2.58. The van der Waals surface area contributed by atoms with Crippen molar-refractivity contribution in [2.75, 3.05) is 19.7 Å². The molecule has 1 saturated heterocycles. The molecule has 0 saturated carbocycles. The van der Waals surface area contributed by atoms with Crippen LogP contribution in [0.2, 0.25) is 0 Å². The number of ether oxygens (including phenoxy) is 1. The zero-order valence-corrected chi connectivity index (χ0v) is 10.2. The number of carbonyl (C=O) groups excluding carboxylic acids is 1. The molecule has 6 heteroatoms. The number of rotatable bonds is 2. The Kier molecular flexibility index (Phi) is 3.88. The van der Waals surface area contributed by atoms with Crippen molar-refractivity contribution in [2.24, 2.45) is 5.73 Å². The van der Waals surface area contributed by atoms with E-state index in [1.165, 1.54) is 12.1 Å². The molecule has 2 unspecified atom stereocenters. The van der Waals surface area contributed by atoms with Crippen molar-refractivity contribution >= 4 is 5.91 Å². The second kappa shape index (κ2) is 5.41. The number of hydrogen-bond acceptors (Lipinski definition) is 4. The highest BCUT2D eigenvalue weighted by atomic mass is 19.1. The Balaban J connectivity index is 2.13. The third kappa shape index (κ3) is 2.65. The van der Waals surface area contributed by atoms with Gasteiger partial charge >= 0.3 is 0 Å². The highest BCUT2D eigenvalue weighted by Crippen LogP contribution is 2.14. The third-order valence-corrected chi connectivity index (χ3v) is 2.98. The lowest BCUT2D eigenvalue weighted by molar-refractivity contribution is -0.0427. The first-order valence-corrected chi connectivity index (χ1v) is 5.86. The van der Waals surface area contributed by atoms with Crippen LogP contribution in [-0.4, -0.2) is 47.6 Å². The van der Waals surface area contributed by atoms with Crippen LogP contribution in [0.1, 0.15) is 17.4 Å². The minimum Gasteiger partial charge on any atom is -0.373 e. The van der Waals surface area contributed by atoms with Crippen molar-refractivity contribution in [3.05, 3.63) is 29.8 Å². The number of nitrogens with two attached hydrogens (primary N) is 1. The summed E-state index contributed by atoms with van der Waals surface area (Å²) in [5, 5.41) is 0. The number of amides is 1. The molecule has 0 radical (unpaired) electrons. The fourth-order valence-electron chi connectivity index (χ4n) is 1.89. The Morgan fingerprint density at radius 1 is 1.67 bits per heavy atom. The van der Waals surface area contributed by atoms with Crippen molar-refractivity contribution in [1.82, 2.24) is 9.88 Å². The molecule has 1 aliphatic heterocycles. The summed E-state index contributed by atoms with van der Waals surface area (Å²) in [6.45, 7) is 3.16. The number of hydrogen-bond donors (Lipinski definition) is 1. The van der Waals surface area contributed by atoms with Crippen LogP contribution in [-0.2, 0) is 4.74 Å². The van der Waals surface area contributed by atoms with Crippen molar-refractivity contribution in [3.8, 4) is 0 Å². The van der Waals surface area contributed by atoms with Crippen LogP contribution in [0, 0.1) is 5.82 Å². The van der Waals surface area contributed by atoms with Gasteiger partial charge in [-0.05, 0) is 19.1 Å². The first kappa shape index (κ1) is 12.9. The largest absolute Gasteiger partial charge is 0.373 e. The van der Waals surface area contributed by atoms with E-state index in [9.17, 15) is 9.18 Å². The highest BCUT2D eigenvalue weighted by molar-refractivity contribution is 5.92. The molecular formula is C12H16FN3O2. The lowest BCUT2D eigenvalue weighted by Crippen LogP contribution is -2.53. The molecule has 2 N–H and O–H groups in total. The van der Waals surface area contributed by atoms with Gasteiger partial charge in [0.05, 0.1) is 24.9 Å². The lowest BCUT2D eigenvalue weighted by atomic mass is 10.1. The van der Waals surface area contributed by atoms with Crippen LogP contribution in [0.3, 0.4) is 0 Å². The summed E-state index contributed by atoms with van der Waals surface area (Å²) in [6.07, 6.45) is 0.893. The van der Waals surface area contributed by atoms with Crippen LogP contribution >= 0.6 is 0 Å². The molecule has 1 aromatic heterocycles. The SMILES string of the molecule is CC1COC(CN)CN1C(=O)c1ccc(F)cn1. The summed E-state index contributed by atoms with van der Waals surface area (Å²) in [7, 11) is 0. The van der Waals surface area contributed by atoms with Gasteiger partial charge in [0.2, 0.25) is 0 Å². The zero-order chi connectivity index (χ0) is 13.1. The molecule has 5 nitrogen and oxygen atoms in total. The van der Waals surface area contributed by atoms with Gasteiger partial charge in [-0.2, -0.15) is 0 Å². The Labute approximate surface area is 105 Å². The predicted molar refractivity (Wildman–Crippen MR) is 63.5 cm³/mol. The van der Waals surface area contributed by atoms with E-state index in [1.54, 1.807) is 4.90 Å². The number of pyridine rings is 1. The molecule has 1 amide bonds. The van der Waals surface area contributed by atoms with Gasteiger partial charge in [-0.1, -0.05) is 0 Å². The van der Waals surface area contributed by atoms with Crippen molar-refractivity contribution in [2.45, 2.75) is 19.1 Å². The molecule has 18 heavy (non-hydrogen) atoms. The topological polar surface area (TPSA) is 68.5 Å². The Morgan fingerprint density at radius 3 is 3.06 bits per heavy atom. The van der Waals surface area contributed by atoms with Gasteiger partial charge in [-0.15, -0.1) is 0 Å². The van der Waals surface area contributed by atoms with Crippen LogP contribution in [0.15, 0.2) is 18.3 Å². The maximum Gasteiger partial charge on any atom is 0.272 e. The van der Waals surface area contributed by atoms with Crippen LogP contribution < -0.4 is 5.73 Å². The van der Waals surface area contributed by atoms with Gasteiger partial charge in [-0.25, -0.2) is 9.37 Å². The molecular weight excluding hydrogens is 237 g/mol. The minimum atomic E-state index is -0.457. The van der Waals surface area contributed by atoms with E-state index in [2.05, 4.69) is 4.98 Å². The van der Waals surface area contributed by atoms with Crippen molar-refractivity contribution in [1.29, 1.82) is 0 Å². The van der Waals surface area contributed by atoms with Crippen LogP contribution in [0.5, 0.6) is 0 Å². The Morgan fingerprint density at radius 2 is 2.44 bits per heavy atom. The minimum absolute atomic E-state index is 0.0350. The number of morpholine rings is 1. The summed E-state index contributed by atoms with van der Waals surface area (Å²) < 4.78 is 18.2. The van der Waals surface area contributed by atoms with E-state index in [0.29, 0.717) is 19.7 Å². The second-order valence-corrected chi connectivity index (χ2v) is 4.36. The average molecular weight is 253 g/mol. The molecule has 1 fully saturated rings. The van der Waals surface area contributed by atoms with Gasteiger partial charge in [0.25, 0.3) is 5.91 Å². The fraction of sp³-hybridized carbons (Fsp3) is 0.500. The molecule has 0 aromatic carbocycles. The second-order valence-electron chi connectivity index (χ2n) is 4.36. The normalized spacial score (nSPS) is 24.1. The van der Waals surface area contributed by atoms with Gasteiger partial charge in [-0.3, -0.25) is 4.79 Å². The lowest BCUT2D eigenvalue weighted by Gasteiger charge is -2.37. The quantitative estimate of drug-likeness (QED) is 0.829. The number of halogens is 1. The molecule has 0 aliphatic carbocycles. The highest BCUT2D eigenvalue weighted by Gasteiger charge is 2.30. The monoisotopic (exact) mass is 253 g/mol. The summed E-state index contributed by atoms with van der Waals surface area (Å²) in [5.41, 5.74) is 5.78. The smallest absolute Gasteiger partial charge is 0.272 e. The molecule has 1 aromatic rings. The molecule has 2 rings (SSSR count). The van der Waals surface area contributed by atoms with Crippen LogP contribution in [0.4, 0.5) is 4.39 Å². The van der Waals surface area contributed by atoms with E-state index < -0.39 is 5.82 Å². The first-order chi connectivity index (χ1) is 8.61. The molecule has 0 spiro atoms. The van der Waals surface area contributed by atoms with Gasteiger partial charge in [0, 0.05) is 13.1 Å². The average Bonchev–Trinajstić information content (AvgIpc) is 2.39. The molecule has 0 bridgehead atoms. The Bertz CT molecular complexity index is 424. The first-order valence-electron chi connectivity index (χ1n) is 5.86. The standard InChI is InChI=1S/C12H16FN3O2/c1-8-7-18-10(4-14)6-16(8)12(17)11-3-2-9(13)5-15-11/h2-3,5,8,10H,4,6-7,14H2,1H3. The third-order valence-electron chi connectivity index (χ3n) is 2.98. The number of aromatic nitrogens is 1. The fourth-order valence-corrected chi connectivity index (χ4v) is 1.89. The van der Waals surface area contributed by atoms with E-state index in [-0.39, 0.29) is 23.7 Å². The predicted octanol–water partition coefficient (Wildman–Crippen LogP) is 0.409. The summed E-state index contributed by atoms with van der Waals surface area (Å²) in [5.74, 6) is -0.675. The van der Waals surface area contributed by atoms with Crippen molar-refractivity contribution in [3.63, 3.8) is 0 Å². The zero-order valence-electron chi connectivity index (χ0n) is 10.2. The Hall–Kier alpha value is -1.53. The van der Waals surface area contributed by atoms with Crippen LogP contribution in [0.25, 0.3) is 0 Å². The van der Waals surface area contributed by atoms with E-state index in [0.717, 1.165) is 6.20 Å². The van der Waals surface area contributed by atoms with Gasteiger partial charge in [0.1, 0.15) is 11.5 Å². The number of nitrogens with zero attached hydrogens (tertiary/aromatic N) is 2. The van der Waals surface area contributed by atoms with E-state index in [1.807, 2.05) is 6.92 Å². The van der Waals surface area contributed by atoms with E-state index >= 15 is 0 Å². The number of carbonyl (C=O) groups is 1. The molecule has 98 valence electrons. The maximum atomic E-state index is 12.8. The van der Waals surface area contributed by atoms with Gasteiger partial charge in [0.15, 0.2) is 0 Å².